The van der Waals surface area contributed by atoms with Crippen LogP contribution in [0.25, 0.3) is 0 Å². The van der Waals surface area contributed by atoms with Crippen LogP contribution in [-0.4, -0.2) is 5.48 Å². The zero-order valence-electron chi connectivity index (χ0n) is 4.41. The fraction of sp³-hybridized carbons (Fsp3) is 0.600. The van der Waals surface area contributed by atoms with E-state index in [1.165, 1.54) is 5.57 Å². The summed E-state index contributed by atoms with van der Waals surface area (Å²) in [5.41, 5.74) is 1.25. The Bertz CT molecular complexity index is 39.2. The van der Waals surface area contributed by atoms with Crippen molar-refractivity contribution in [2.45, 2.75) is 20.3 Å². The second-order valence-electron chi connectivity index (χ2n) is 1.31. The van der Waals surface area contributed by atoms with Gasteiger partial charge < -0.3 is 5.48 Å². The van der Waals surface area contributed by atoms with Crippen LogP contribution < -0.4 is 0 Å². The Morgan fingerprint density at radius 2 is 1.83 bits per heavy atom. The lowest BCUT2D eigenvalue weighted by molar-refractivity contribution is 0.824. The molecule has 1 heteroatoms. The molecule has 0 bridgehead atoms. The first-order chi connectivity index (χ1) is 2.27. The molecular formula is C5H12O. The van der Waals surface area contributed by atoms with Gasteiger partial charge in [0.05, 0.1) is 0 Å². The molecule has 0 aliphatic carbocycles. The molecule has 0 heterocycles. The summed E-state index contributed by atoms with van der Waals surface area (Å²) in [5.74, 6) is 0. The largest absolute Gasteiger partial charge is 0.412 e. The van der Waals surface area contributed by atoms with E-state index in [-0.39, 0.29) is 5.48 Å². The van der Waals surface area contributed by atoms with Crippen LogP contribution in [-0.2, 0) is 0 Å². The first-order valence-electron chi connectivity index (χ1n) is 1.91. The van der Waals surface area contributed by atoms with E-state index in [0.29, 0.717) is 0 Å². The van der Waals surface area contributed by atoms with Crippen LogP contribution in [0.5, 0.6) is 0 Å². The second kappa shape index (κ2) is 4.70. The third-order valence-corrected chi connectivity index (χ3v) is 0.604. The second-order valence-corrected chi connectivity index (χ2v) is 1.31. The summed E-state index contributed by atoms with van der Waals surface area (Å²) < 4.78 is 0. The van der Waals surface area contributed by atoms with E-state index in [0.717, 1.165) is 6.42 Å². The maximum absolute atomic E-state index is 3.67. The molecule has 2 N–H and O–H groups in total. The highest BCUT2D eigenvalue weighted by atomic mass is 16.0. The third kappa shape index (κ3) is 9.33. The lowest BCUT2D eigenvalue weighted by Crippen LogP contribution is -1.58. The van der Waals surface area contributed by atoms with Gasteiger partial charge in [-0.05, 0) is 13.3 Å². The van der Waals surface area contributed by atoms with Crippen molar-refractivity contribution in [3.8, 4) is 0 Å². The highest BCUT2D eigenvalue weighted by Gasteiger charge is 1.67. The molecule has 0 amide bonds. The fourth-order valence-electron chi connectivity index (χ4n) is 0. The Morgan fingerprint density at radius 3 is 1.83 bits per heavy atom. The summed E-state index contributed by atoms with van der Waals surface area (Å²) in [6, 6.07) is 0. The number of rotatable bonds is 1. The summed E-state index contributed by atoms with van der Waals surface area (Å²) in [6.07, 6.45) is 1.11. The summed E-state index contributed by atoms with van der Waals surface area (Å²) in [6.45, 7) is 7.80. The van der Waals surface area contributed by atoms with Gasteiger partial charge in [0.25, 0.3) is 0 Å². The molecule has 0 saturated carbocycles. The first kappa shape index (κ1) is 9.20. The average molecular weight is 88.1 g/mol. The van der Waals surface area contributed by atoms with Gasteiger partial charge in [0, 0.05) is 0 Å². The summed E-state index contributed by atoms with van der Waals surface area (Å²) >= 11 is 0. The van der Waals surface area contributed by atoms with Crippen molar-refractivity contribution in [1.82, 2.24) is 0 Å². The van der Waals surface area contributed by atoms with Gasteiger partial charge in [-0.25, -0.2) is 0 Å². The van der Waals surface area contributed by atoms with Gasteiger partial charge in [0.1, 0.15) is 0 Å². The van der Waals surface area contributed by atoms with Gasteiger partial charge in [-0.15, -0.1) is 6.58 Å². The molecule has 0 fully saturated rings. The van der Waals surface area contributed by atoms with Gasteiger partial charge in [-0.3, -0.25) is 0 Å². The number of hydrogen-bond donors (Lipinski definition) is 0. The maximum atomic E-state index is 3.67. The maximum Gasteiger partial charge on any atom is -0.0354 e. The smallest absolute Gasteiger partial charge is 0.0354 e. The predicted molar refractivity (Wildman–Crippen MR) is 28.7 cm³/mol. The predicted octanol–water partition coefficient (Wildman–Crippen LogP) is 1.15. The summed E-state index contributed by atoms with van der Waals surface area (Å²) in [7, 11) is 0. The summed E-state index contributed by atoms with van der Waals surface area (Å²) in [4.78, 5) is 0. The molecule has 0 aromatic rings. The number of hydrogen-bond acceptors (Lipinski definition) is 0. The summed E-state index contributed by atoms with van der Waals surface area (Å²) in [5, 5.41) is 0. The zero-order valence-corrected chi connectivity index (χ0v) is 4.41. The SMILES string of the molecule is C=C(C)CC.O. The lowest BCUT2D eigenvalue weighted by atomic mass is 10.3. The molecule has 0 aliphatic rings. The molecule has 0 atom stereocenters. The van der Waals surface area contributed by atoms with E-state index < -0.39 is 0 Å². The minimum absolute atomic E-state index is 0. The van der Waals surface area contributed by atoms with E-state index in [2.05, 4.69) is 13.5 Å². The molecule has 0 radical (unpaired) electrons. The van der Waals surface area contributed by atoms with Gasteiger partial charge in [-0.1, -0.05) is 12.5 Å². The molecule has 0 rings (SSSR count). The minimum atomic E-state index is 0. The minimum Gasteiger partial charge on any atom is -0.412 e. The topological polar surface area (TPSA) is 31.5 Å². The lowest BCUT2D eigenvalue weighted by Gasteiger charge is -1.79. The molecule has 0 aromatic carbocycles. The zero-order chi connectivity index (χ0) is 4.28. The molecule has 0 aliphatic heterocycles. The average Bonchev–Trinajstić information content (AvgIpc) is 1.38. The molecule has 6 heavy (non-hydrogen) atoms. The van der Waals surface area contributed by atoms with E-state index in [9.17, 15) is 0 Å². The first-order valence-corrected chi connectivity index (χ1v) is 1.91. The van der Waals surface area contributed by atoms with Crippen LogP contribution in [0.4, 0.5) is 0 Å². The van der Waals surface area contributed by atoms with Crippen molar-refractivity contribution in [1.29, 1.82) is 0 Å². The Labute approximate surface area is 39.0 Å². The van der Waals surface area contributed by atoms with Crippen molar-refractivity contribution >= 4 is 0 Å². The van der Waals surface area contributed by atoms with Crippen LogP contribution in [0.3, 0.4) is 0 Å². The molecular weight excluding hydrogens is 76.1 g/mol. The van der Waals surface area contributed by atoms with Gasteiger partial charge in [0.15, 0.2) is 0 Å². The van der Waals surface area contributed by atoms with Gasteiger partial charge >= 0.3 is 0 Å². The monoisotopic (exact) mass is 88.1 g/mol. The molecule has 0 unspecified atom stereocenters. The Balaban J connectivity index is 0. The van der Waals surface area contributed by atoms with Crippen molar-refractivity contribution < 1.29 is 5.48 Å². The van der Waals surface area contributed by atoms with Crippen molar-refractivity contribution in [3.63, 3.8) is 0 Å². The molecule has 1 nitrogen and oxygen atoms in total. The van der Waals surface area contributed by atoms with Crippen molar-refractivity contribution in [2.24, 2.45) is 0 Å². The molecule has 0 saturated heterocycles. The third-order valence-electron chi connectivity index (χ3n) is 0.604. The van der Waals surface area contributed by atoms with E-state index in [4.69, 9.17) is 0 Å². The van der Waals surface area contributed by atoms with Crippen molar-refractivity contribution in [3.05, 3.63) is 12.2 Å². The van der Waals surface area contributed by atoms with Gasteiger partial charge in [-0.2, -0.15) is 0 Å². The Morgan fingerprint density at radius 1 is 1.67 bits per heavy atom. The standard InChI is InChI=1S/C5H10.H2O/c1-4-5(2)3;/h2,4H2,1,3H3;1H2. The van der Waals surface area contributed by atoms with Crippen LogP contribution in [0, 0.1) is 0 Å². The van der Waals surface area contributed by atoms with E-state index in [1.54, 1.807) is 0 Å². The van der Waals surface area contributed by atoms with Crippen LogP contribution in [0.2, 0.25) is 0 Å². The van der Waals surface area contributed by atoms with Crippen LogP contribution in [0.15, 0.2) is 12.2 Å². The quantitative estimate of drug-likeness (QED) is 0.430. The highest BCUT2D eigenvalue weighted by molar-refractivity contribution is 4.84. The van der Waals surface area contributed by atoms with Crippen molar-refractivity contribution in [2.75, 3.05) is 0 Å². The van der Waals surface area contributed by atoms with E-state index in [1.807, 2.05) is 6.92 Å². The Hall–Kier alpha value is -0.300. The molecule has 38 valence electrons. The van der Waals surface area contributed by atoms with Crippen LogP contribution >= 0.6 is 0 Å². The van der Waals surface area contributed by atoms with E-state index >= 15 is 0 Å². The highest BCUT2D eigenvalue weighted by Crippen LogP contribution is 1.88. The van der Waals surface area contributed by atoms with Crippen LogP contribution in [0.1, 0.15) is 20.3 Å². The molecule has 0 aromatic heterocycles. The fourth-order valence-corrected chi connectivity index (χ4v) is 0. The normalized spacial score (nSPS) is 6.33. The van der Waals surface area contributed by atoms with Gasteiger partial charge in [0.2, 0.25) is 0 Å². The number of allylic oxidation sites excluding steroid dienone is 1. The molecule has 0 spiro atoms. The Kier molecular flexibility index (Phi) is 7.20.